The molecule has 0 radical (unpaired) electrons. The molecule has 1 saturated heterocycles. The van der Waals surface area contributed by atoms with Crippen molar-refractivity contribution in [1.82, 2.24) is 15.2 Å². The monoisotopic (exact) mass is 553 g/mol. The molecule has 3 aromatic carbocycles. The normalized spacial score (nSPS) is 13.8. The van der Waals surface area contributed by atoms with Crippen molar-refractivity contribution in [1.29, 1.82) is 0 Å². The van der Waals surface area contributed by atoms with Crippen molar-refractivity contribution in [3.63, 3.8) is 0 Å². The van der Waals surface area contributed by atoms with E-state index >= 15 is 0 Å². The van der Waals surface area contributed by atoms with E-state index in [0.717, 1.165) is 40.3 Å². The maximum atomic E-state index is 13.0. The molecule has 1 aliphatic heterocycles. The minimum Gasteiger partial charge on any atom is -0.484 e. The lowest BCUT2D eigenvalue weighted by molar-refractivity contribution is -0.134. The van der Waals surface area contributed by atoms with Gasteiger partial charge in [-0.25, -0.2) is 4.98 Å². The molecule has 0 saturated carbocycles. The highest BCUT2D eigenvalue weighted by atomic mass is 32.1. The Morgan fingerprint density at radius 1 is 0.950 bits per heavy atom. The highest BCUT2D eigenvalue weighted by Gasteiger charge is 2.27. The van der Waals surface area contributed by atoms with Gasteiger partial charge in [0.1, 0.15) is 11.4 Å². The van der Waals surface area contributed by atoms with Crippen LogP contribution in [-0.2, 0) is 4.79 Å². The van der Waals surface area contributed by atoms with Crippen LogP contribution >= 0.6 is 11.3 Å². The molecule has 0 unspecified atom stereocenters. The van der Waals surface area contributed by atoms with Gasteiger partial charge in [-0.15, -0.1) is 11.3 Å². The van der Waals surface area contributed by atoms with Crippen LogP contribution in [-0.4, -0.2) is 47.9 Å². The zero-order valence-electron chi connectivity index (χ0n) is 23.0. The van der Waals surface area contributed by atoms with Gasteiger partial charge in [-0.2, -0.15) is 0 Å². The zero-order valence-corrected chi connectivity index (χ0v) is 23.8. The summed E-state index contributed by atoms with van der Waals surface area (Å²) in [6.07, 6.45) is 1.65. The lowest BCUT2D eigenvalue weighted by Crippen LogP contribution is -2.40. The van der Waals surface area contributed by atoms with Crippen molar-refractivity contribution in [2.45, 2.75) is 38.5 Å². The number of benzene rings is 3. The van der Waals surface area contributed by atoms with Gasteiger partial charge in [0.15, 0.2) is 6.61 Å². The minimum atomic E-state index is -0.157. The van der Waals surface area contributed by atoms with E-state index in [1.807, 2.05) is 71.8 Å². The number of carbonyl (C=O) groups is 2. The second kappa shape index (κ2) is 12.9. The number of nitrogens with zero attached hydrogens (tertiary/aromatic N) is 2. The van der Waals surface area contributed by atoms with E-state index in [9.17, 15) is 9.59 Å². The van der Waals surface area contributed by atoms with Crippen molar-refractivity contribution in [3.05, 3.63) is 117 Å². The smallest absolute Gasteiger partial charge is 0.270 e. The van der Waals surface area contributed by atoms with Crippen LogP contribution in [0.15, 0.2) is 84.2 Å². The summed E-state index contributed by atoms with van der Waals surface area (Å²) in [5, 5.41) is 5.92. The summed E-state index contributed by atoms with van der Waals surface area (Å²) < 4.78 is 5.75. The summed E-state index contributed by atoms with van der Waals surface area (Å²) in [7, 11) is 0. The van der Waals surface area contributed by atoms with Gasteiger partial charge in [-0.3, -0.25) is 9.59 Å². The molecule has 1 fully saturated rings. The lowest BCUT2D eigenvalue weighted by Gasteiger charge is -2.31. The predicted octanol–water partition coefficient (Wildman–Crippen LogP) is 6.11. The van der Waals surface area contributed by atoms with Crippen LogP contribution in [0.25, 0.3) is 0 Å². The fourth-order valence-corrected chi connectivity index (χ4v) is 6.05. The summed E-state index contributed by atoms with van der Waals surface area (Å²) in [5.41, 5.74) is 5.13. The van der Waals surface area contributed by atoms with Crippen LogP contribution in [0.3, 0.4) is 0 Å². The summed E-state index contributed by atoms with van der Waals surface area (Å²) in [6.45, 7) is 5.95. The number of hydrogen-bond donors (Lipinski definition) is 1. The molecule has 5 rings (SSSR count). The second-order valence-corrected chi connectivity index (χ2v) is 11.2. The van der Waals surface area contributed by atoms with Crippen LogP contribution in [0, 0.1) is 13.8 Å². The van der Waals surface area contributed by atoms with Gasteiger partial charge < -0.3 is 15.0 Å². The topological polar surface area (TPSA) is 71.5 Å². The molecule has 1 aliphatic rings. The van der Waals surface area contributed by atoms with E-state index in [2.05, 4.69) is 36.5 Å². The van der Waals surface area contributed by atoms with Gasteiger partial charge >= 0.3 is 0 Å². The van der Waals surface area contributed by atoms with Crippen molar-refractivity contribution < 1.29 is 14.3 Å². The molecule has 0 bridgehead atoms. The van der Waals surface area contributed by atoms with Crippen molar-refractivity contribution in [2.24, 2.45) is 0 Å². The standard InChI is InChI=1S/C33H35N3O3S/c1-23-13-14-28(19-24(23)2)39-21-31(37)36-17-15-27(16-18-36)33-35-30(22-40-33)32(38)34-20-29(25-9-5-3-6-10-25)26-11-7-4-8-12-26/h3-14,19,22,27,29H,15-18,20-21H2,1-2H3,(H,34,38). The van der Waals surface area contributed by atoms with Crippen LogP contribution in [0.5, 0.6) is 5.75 Å². The van der Waals surface area contributed by atoms with Crippen molar-refractivity contribution in [2.75, 3.05) is 26.2 Å². The first-order valence-corrected chi connectivity index (χ1v) is 14.7. The number of carbonyl (C=O) groups excluding carboxylic acids is 2. The van der Waals surface area contributed by atoms with Gasteiger partial charge in [-0.05, 0) is 61.1 Å². The van der Waals surface area contributed by atoms with Crippen LogP contribution in [0.2, 0.25) is 0 Å². The van der Waals surface area contributed by atoms with Gasteiger partial charge in [0.2, 0.25) is 0 Å². The number of piperidine rings is 1. The molecule has 2 amide bonds. The molecule has 0 spiro atoms. The minimum absolute atomic E-state index is 0.00210. The average Bonchev–Trinajstić information content (AvgIpc) is 3.49. The Kier molecular flexibility index (Phi) is 8.91. The van der Waals surface area contributed by atoms with Gasteiger partial charge in [-0.1, -0.05) is 66.7 Å². The first-order chi connectivity index (χ1) is 19.5. The lowest BCUT2D eigenvalue weighted by atomic mass is 9.91. The number of thiazole rings is 1. The highest BCUT2D eigenvalue weighted by molar-refractivity contribution is 7.09. The number of aryl methyl sites for hydroxylation is 2. The summed E-state index contributed by atoms with van der Waals surface area (Å²) >= 11 is 1.53. The largest absolute Gasteiger partial charge is 0.484 e. The number of hydrogen-bond acceptors (Lipinski definition) is 5. The van der Waals surface area contributed by atoms with Gasteiger partial charge in [0.05, 0.1) is 5.01 Å². The van der Waals surface area contributed by atoms with Crippen LogP contribution in [0.1, 0.15) is 62.4 Å². The number of ether oxygens (including phenoxy) is 1. The Morgan fingerprint density at radius 2 is 1.60 bits per heavy atom. The third kappa shape index (κ3) is 6.77. The number of rotatable bonds is 9. The quantitative estimate of drug-likeness (QED) is 0.272. The van der Waals surface area contributed by atoms with E-state index < -0.39 is 0 Å². The SMILES string of the molecule is Cc1ccc(OCC(=O)N2CCC(c3nc(C(=O)NCC(c4ccccc4)c4ccccc4)cs3)CC2)cc1C. The third-order valence-corrected chi connectivity index (χ3v) is 8.67. The Morgan fingerprint density at radius 3 is 2.23 bits per heavy atom. The van der Waals surface area contributed by atoms with E-state index in [4.69, 9.17) is 9.72 Å². The molecule has 7 heteroatoms. The maximum absolute atomic E-state index is 13.0. The summed E-state index contributed by atoms with van der Waals surface area (Å²) in [5.74, 6) is 0.875. The van der Waals surface area contributed by atoms with Crippen LogP contribution in [0.4, 0.5) is 0 Å². The molecular formula is C33H35N3O3S. The Labute approximate surface area is 240 Å². The van der Waals surface area contributed by atoms with Crippen LogP contribution < -0.4 is 10.1 Å². The molecule has 1 N–H and O–H groups in total. The molecule has 0 aliphatic carbocycles. The number of likely N-dealkylation sites (tertiary alicyclic amines) is 1. The number of aromatic nitrogens is 1. The van der Waals surface area contributed by atoms with Gasteiger partial charge in [0.25, 0.3) is 11.8 Å². The zero-order chi connectivity index (χ0) is 27.9. The first kappa shape index (κ1) is 27.6. The Bertz CT molecular complexity index is 1390. The number of nitrogens with one attached hydrogen (secondary N) is 1. The molecule has 4 aromatic rings. The Hall–Kier alpha value is -3.97. The molecule has 40 heavy (non-hydrogen) atoms. The third-order valence-electron chi connectivity index (χ3n) is 7.66. The number of amides is 2. The molecule has 1 aromatic heterocycles. The average molecular weight is 554 g/mol. The fraction of sp³-hybridized carbons (Fsp3) is 0.303. The van der Waals surface area contributed by atoms with Crippen molar-refractivity contribution in [3.8, 4) is 5.75 Å². The van der Waals surface area contributed by atoms with E-state index in [-0.39, 0.29) is 30.3 Å². The molecular weight excluding hydrogens is 518 g/mol. The summed E-state index contributed by atoms with van der Waals surface area (Å²) in [4.78, 5) is 32.3. The predicted molar refractivity (Wildman–Crippen MR) is 159 cm³/mol. The van der Waals surface area contributed by atoms with E-state index in [0.29, 0.717) is 25.3 Å². The molecule has 0 atom stereocenters. The molecule has 6 nitrogen and oxygen atoms in total. The van der Waals surface area contributed by atoms with E-state index in [1.165, 1.54) is 16.9 Å². The van der Waals surface area contributed by atoms with E-state index in [1.54, 1.807) is 0 Å². The molecule has 206 valence electrons. The highest BCUT2D eigenvalue weighted by Crippen LogP contribution is 2.31. The van der Waals surface area contributed by atoms with Gasteiger partial charge in [0, 0.05) is 36.9 Å². The second-order valence-electron chi connectivity index (χ2n) is 10.3. The first-order valence-electron chi connectivity index (χ1n) is 13.8. The molecule has 2 heterocycles. The fourth-order valence-electron chi connectivity index (χ4n) is 5.08. The maximum Gasteiger partial charge on any atom is 0.270 e. The van der Waals surface area contributed by atoms with Crippen molar-refractivity contribution >= 4 is 23.2 Å². The Balaban J connectivity index is 1.13. The summed E-state index contributed by atoms with van der Waals surface area (Å²) in [6, 6.07) is 26.4.